The van der Waals surface area contributed by atoms with Gasteiger partial charge in [-0.2, -0.15) is 5.10 Å². The molecule has 7 nitrogen and oxygen atoms in total. The number of imide groups is 1. The summed E-state index contributed by atoms with van der Waals surface area (Å²) >= 11 is 0. The van der Waals surface area contributed by atoms with Gasteiger partial charge in [-0.3, -0.25) is 24.4 Å². The molecule has 1 atom stereocenters. The molecule has 2 N–H and O–H groups in total. The Hall–Kier alpha value is -2.18. The topological polar surface area (TPSA) is 93.1 Å². The number of carbonyl (C=O) groups is 3. The SMILES string of the molecule is CCn1nc(C)cc1C(=O)NC1CCC(=O)NC1=O. The van der Waals surface area contributed by atoms with Crippen LogP contribution in [0.15, 0.2) is 6.07 Å². The number of aromatic nitrogens is 2. The minimum atomic E-state index is -0.661. The van der Waals surface area contributed by atoms with Crippen molar-refractivity contribution in [2.75, 3.05) is 0 Å². The highest BCUT2D eigenvalue weighted by molar-refractivity contribution is 6.03. The number of piperidine rings is 1. The first-order chi connectivity index (χ1) is 9.01. The van der Waals surface area contributed by atoms with E-state index >= 15 is 0 Å². The van der Waals surface area contributed by atoms with E-state index in [-0.39, 0.29) is 18.2 Å². The number of hydrogen-bond acceptors (Lipinski definition) is 4. The van der Waals surface area contributed by atoms with E-state index in [9.17, 15) is 14.4 Å². The van der Waals surface area contributed by atoms with Crippen LogP contribution in [0.4, 0.5) is 0 Å². The summed E-state index contributed by atoms with van der Waals surface area (Å²) in [6, 6.07) is 1.01. The van der Waals surface area contributed by atoms with Gasteiger partial charge >= 0.3 is 0 Å². The lowest BCUT2D eigenvalue weighted by Crippen LogP contribution is -2.52. The Kier molecular flexibility index (Phi) is 3.64. The number of carbonyl (C=O) groups excluding carboxylic acids is 3. The first-order valence-electron chi connectivity index (χ1n) is 6.20. The summed E-state index contributed by atoms with van der Waals surface area (Å²) in [5.74, 6) is -1.11. The zero-order valence-corrected chi connectivity index (χ0v) is 10.9. The van der Waals surface area contributed by atoms with Crippen molar-refractivity contribution in [2.45, 2.75) is 39.3 Å². The third-order valence-corrected chi connectivity index (χ3v) is 2.98. The molecule has 0 radical (unpaired) electrons. The molecule has 1 saturated heterocycles. The largest absolute Gasteiger partial charge is 0.339 e. The molecule has 0 aliphatic carbocycles. The van der Waals surface area contributed by atoms with Gasteiger partial charge in [0.1, 0.15) is 11.7 Å². The molecule has 1 aliphatic heterocycles. The number of nitrogens with zero attached hydrogens (tertiary/aromatic N) is 2. The number of aryl methyl sites for hydroxylation is 2. The number of hydrogen-bond donors (Lipinski definition) is 2. The van der Waals surface area contributed by atoms with Crippen LogP contribution >= 0.6 is 0 Å². The van der Waals surface area contributed by atoms with Crippen molar-refractivity contribution in [3.8, 4) is 0 Å². The maximum Gasteiger partial charge on any atom is 0.270 e. The quantitative estimate of drug-likeness (QED) is 0.736. The molecule has 0 spiro atoms. The first-order valence-corrected chi connectivity index (χ1v) is 6.20. The minimum absolute atomic E-state index is 0.239. The molecular formula is C12H16N4O3. The molecule has 1 aliphatic rings. The van der Waals surface area contributed by atoms with Gasteiger partial charge in [0.2, 0.25) is 11.8 Å². The van der Waals surface area contributed by atoms with Crippen molar-refractivity contribution >= 4 is 17.7 Å². The van der Waals surface area contributed by atoms with Gasteiger partial charge in [0.15, 0.2) is 0 Å². The second-order valence-electron chi connectivity index (χ2n) is 4.46. The summed E-state index contributed by atoms with van der Waals surface area (Å²) in [5.41, 5.74) is 1.17. The third kappa shape index (κ3) is 2.81. The molecule has 7 heteroatoms. The van der Waals surface area contributed by atoms with Gasteiger partial charge in [-0.25, -0.2) is 0 Å². The van der Waals surface area contributed by atoms with Crippen LogP contribution in [0.5, 0.6) is 0 Å². The molecule has 0 aromatic carbocycles. The second kappa shape index (κ2) is 5.21. The first kappa shape index (κ1) is 13.3. The standard InChI is InChI=1S/C12H16N4O3/c1-3-16-9(6-7(2)15-16)12(19)13-8-4-5-10(17)14-11(8)18/h6,8H,3-5H2,1-2H3,(H,13,19)(H,14,17,18). The predicted octanol–water partition coefficient (Wildman–Crippen LogP) is -0.254. The van der Waals surface area contributed by atoms with Crippen LogP contribution in [0.1, 0.15) is 35.9 Å². The summed E-state index contributed by atoms with van der Waals surface area (Å²) in [7, 11) is 0. The smallest absolute Gasteiger partial charge is 0.270 e. The molecule has 3 amide bonds. The van der Waals surface area contributed by atoms with Crippen LogP contribution in [0.3, 0.4) is 0 Å². The summed E-state index contributed by atoms with van der Waals surface area (Å²) in [5, 5.41) is 9.01. The summed E-state index contributed by atoms with van der Waals surface area (Å²) < 4.78 is 1.58. The normalized spacial score (nSPS) is 19.2. The fourth-order valence-electron chi connectivity index (χ4n) is 2.03. The Morgan fingerprint density at radius 1 is 1.58 bits per heavy atom. The highest BCUT2D eigenvalue weighted by Gasteiger charge is 2.28. The van der Waals surface area contributed by atoms with Gasteiger partial charge in [0, 0.05) is 13.0 Å². The second-order valence-corrected chi connectivity index (χ2v) is 4.46. The number of amides is 3. The molecule has 19 heavy (non-hydrogen) atoms. The van der Waals surface area contributed by atoms with Crippen molar-refractivity contribution < 1.29 is 14.4 Å². The van der Waals surface area contributed by atoms with Crippen molar-refractivity contribution in [3.63, 3.8) is 0 Å². The van der Waals surface area contributed by atoms with E-state index in [1.54, 1.807) is 17.7 Å². The average Bonchev–Trinajstić information content (AvgIpc) is 2.74. The van der Waals surface area contributed by atoms with Crippen molar-refractivity contribution in [3.05, 3.63) is 17.5 Å². The van der Waals surface area contributed by atoms with E-state index in [0.717, 1.165) is 5.69 Å². The molecule has 102 valence electrons. The number of nitrogens with one attached hydrogen (secondary N) is 2. The lowest BCUT2D eigenvalue weighted by atomic mass is 10.1. The van der Waals surface area contributed by atoms with Crippen LogP contribution in [0, 0.1) is 6.92 Å². The van der Waals surface area contributed by atoms with Crippen LogP contribution in [0.25, 0.3) is 0 Å². The highest BCUT2D eigenvalue weighted by Crippen LogP contribution is 2.08. The fraction of sp³-hybridized carbons (Fsp3) is 0.500. The van der Waals surface area contributed by atoms with Crippen LogP contribution in [0.2, 0.25) is 0 Å². The van der Waals surface area contributed by atoms with E-state index in [1.165, 1.54) is 0 Å². The zero-order valence-electron chi connectivity index (χ0n) is 10.9. The van der Waals surface area contributed by atoms with E-state index < -0.39 is 11.9 Å². The third-order valence-electron chi connectivity index (χ3n) is 2.98. The Morgan fingerprint density at radius 3 is 2.95 bits per heavy atom. The average molecular weight is 264 g/mol. The molecule has 2 heterocycles. The summed E-state index contributed by atoms with van der Waals surface area (Å²) in [6.45, 7) is 4.26. The van der Waals surface area contributed by atoms with Crippen molar-refractivity contribution in [1.29, 1.82) is 0 Å². The number of rotatable bonds is 3. The monoisotopic (exact) mass is 264 g/mol. The van der Waals surface area contributed by atoms with Gasteiger partial charge in [0.25, 0.3) is 5.91 Å². The Balaban J connectivity index is 2.08. The van der Waals surface area contributed by atoms with Crippen molar-refractivity contribution in [1.82, 2.24) is 20.4 Å². The molecule has 1 fully saturated rings. The van der Waals surface area contributed by atoms with Gasteiger partial charge in [-0.1, -0.05) is 0 Å². The molecule has 0 bridgehead atoms. The Bertz CT molecular complexity index is 535. The molecule has 0 saturated carbocycles. The van der Waals surface area contributed by atoms with Crippen LogP contribution in [-0.2, 0) is 16.1 Å². The van der Waals surface area contributed by atoms with Crippen LogP contribution in [-0.4, -0.2) is 33.5 Å². The van der Waals surface area contributed by atoms with E-state index in [1.807, 2.05) is 6.92 Å². The molecule has 2 rings (SSSR count). The summed E-state index contributed by atoms with van der Waals surface area (Å²) in [4.78, 5) is 34.7. The molecule has 1 unspecified atom stereocenters. The minimum Gasteiger partial charge on any atom is -0.339 e. The van der Waals surface area contributed by atoms with Gasteiger partial charge in [-0.15, -0.1) is 0 Å². The van der Waals surface area contributed by atoms with Gasteiger partial charge in [-0.05, 0) is 26.3 Å². The summed E-state index contributed by atoms with van der Waals surface area (Å²) in [6.07, 6.45) is 0.568. The van der Waals surface area contributed by atoms with Crippen molar-refractivity contribution in [2.24, 2.45) is 0 Å². The predicted molar refractivity (Wildman–Crippen MR) is 66.3 cm³/mol. The fourth-order valence-corrected chi connectivity index (χ4v) is 2.03. The molecule has 1 aromatic heterocycles. The maximum atomic E-state index is 12.1. The lowest BCUT2D eigenvalue weighted by molar-refractivity contribution is -0.134. The Morgan fingerprint density at radius 2 is 2.32 bits per heavy atom. The van der Waals surface area contributed by atoms with Gasteiger partial charge in [0.05, 0.1) is 5.69 Å². The zero-order chi connectivity index (χ0) is 14.0. The molecule has 1 aromatic rings. The highest BCUT2D eigenvalue weighted by atomic mass is 16.2. The lowest BCUT2D eigenvalue weighted by Gasteiger charge is -2.21. The van der Waals surface area contributed by atoms with E-state index in [2.05, 4.69) is 15.7 Å². The van der Waals surface area contributed by atoms with E-state index in [4.69, 9.17) is 0 Å². The Labute approximate surface area is 110 Å². The maximum absolute atomic E-state index is 12.1. The van der Waals surface area contributed by atoms with Gasteiger partial charge < -0.3 is 5.32 Å². The van der Waals surface area contributed by atoms with E-state index in [0.29, 0.717) is 18.7 Å². The van der Waals surface area contributed by atoms with Crippen LogP contribution < -0.4 is 10.6 Å². The molecular weight excluding hydrogens is 248 g/mol.